The zero-order valence-electron chi connectivity index (χ0n) is 13.7. The van der Waals surface area contributed by atoms with Crippen LogP contribution in [0.4, 0.5) is 0 Å². The van der Waals surface area contributed by atoms with E-state index in [0.717, 1.165) is 12.8 Å². The monoisotopic (exact) mass is 342 g/mol. The van der Waals surface area contributed by atoms with Crippen molar-refractivity contribution in [3.05, 3.63) is 45.1 Å². The molecule has 0 saturated heterocycles. The smallest absolute Gasteiger partial charge is 0.349 e. The molecule has 8 nitrogen and oxygen atoms in total. The van der Waals surface area contributed by atoms with E-state index in [-0.39, 0.29) is 11.5 Å². The lowest BCUT2D eigenvalue weighted by molar-refractivity contribution is -0.141. The summed E-state index contributed by atoms with van der Waals surface area (Å²) in [7, 11) is 0. The topological polar surface area (TPSA) is 118 Å². The molecule has 1 aromatic carbocycles. The molecule has 2 aliphatic heterocycles. The Kier molecular flexibility index (Phi) is 4.60. The van der Waals surface area contributed by atoms with Crippen molar-refractivity contribution < 1.29 is 9.90 Å². The predicted molar refractivity (Wildman–Crippen MR) is 91.9 cm³/mol. The summed E-state index contributed by atoms with van der Waals surface area (Å²) >= 11 is 0. The van der Waals surface area contributed by atoms with Crippen LogP contribution in [0.2, 0.25) is 0 Å². The highest BCUT2D eigenvalue weighted by Gasteiger charge is 2.27. The predicted octanol–water partition coefficient (Wildman–Crippen LogP) is 1.79. The third-order valence-corrected chi connectivity index (χ3v) is 4.13. The van der Waals surface area contributed by atoms with Crippen LogP contribution in [-0.4, -0.2) is 30.6 Å². The minimum absolute atomic E-state index is 0.00338. The fraction of sp³-hybridized carbons (Fsp3) is 0.353. The molecule has 0 fully saturated rings. The first-order chi connectivity index (χ1) is 12.0. The van der Waals surface area contributed by atoms with E-state index in [9.17, 15) is 19.5 Å². The SMILES string of the molecule is CCCCCC(C(=O)O)n1c2nc(=O)[nH]c(=O)c-2nc2ccccc21. The van der Waals surface area contributed by atoms with Crippen LogP contribution in [0.25, 0.3) is 22.6 Å². The Balaban J connectivity index is 2.33. The van der Waals surface area contributed by atoms with Crippen molar-refractivity contribution in [1.29, 1.82) is 0 Å². The molecule has 0 amide bonds. The molecule has 0 radical (unpaired) electrons. The fourth-order valence-electron chi connectivity index (χ4n) is 2.97. The van der Waals surface area contributed by atoms with Crippen LogP contribution in [0.15, 0.2) is 33.9 Å². The third kappa shape index (κ3) is 3.15. The first-order valence-electron chi connectivity index (χ1n) is 8.17. The molecule has 1 atom stereocenters. The molecule has 130 valence electrons. The van der Waals surface area contributed by atoms with E-state index < -0.39 is 23.3 Å². The summed E-state index contributed by atoms with van der Waals surface area (Å²) in [4.78, 5) is 45.9. The van der Waals surface area contributed by atoms with E-state index >= 15 is 0 Å². The maximum absolute atomic E-state index is 12.1. The maximum atomic E-state index is 12.1. The van der Waals surface area contributed by atoms with Crippen LogP contribution in [0, 0.1) is 0 Å². The van der Waals surface area contributed by atoms with Crippen molar-refractivity contribution in [2.24, 2.45) is 0 Å². The number of aliphatic carboxylic acids is 1. The van der Waals surface area contributed by atoms with Crippen LogP contribution < -0.4 is 11.2 Å². The second-order valence-electron chi connectivity index (χ2n) is 5.86. The largest absolute Gasteiger partial charge is 0.480 e. The number of nitrogens with zero attached hydrogens (tertiary/aromatic N) is 3. The van der Waals surface area contributed by atoms with Gasteiger partial charge in [0, 0.05) is 0 Å². The standard InChI is InChI=1S/C17H18N4O4/c1-2-3-4-9-12(16(23)24)21-11-8-6-5-7-10(11)18-13-14(21)19-17(25)20-15(13)22/h5-8,12H,2-4,9H2,1H3,(H,23,24)(H,20,22,25). The van der Waals surface area contributed by atoms with Crippen molar-refractivity contribution in [3.8, 4) is 11.5 Å². The number of nitrogens with one attached hydrogen (secondary N) is 1. The van der Waals surface area contributed by atoms with Gasteiger partial charge in [0.25, 0.3) is 5.56 Å². The van der Waals surface area contributed by atoms with E-state index in [2.05, 4.69) is 15.0 Å². The van der Waals surface area contributed by atoms with Gasteiger partial charge < -0.3 is 9.67 Å². The summed E-state index contributed by atoms with van der Waals surface area (Å²) in [5, 5.41) is 9.75. The van der Waals surface area contributed by atoms with Crippen LogP contribution in [-0.2, 0) is 4.79 Å². The molecule has 2 heterocycles. The lowest BCUT2D eigenvalue weighted by Gasteiger charge is -2.22. The van der Waals surface area contributed by atoms with Gasteiger partial charge in [0.05, 0.1) is 11.0 Å². The van der Waals surface area contributed by atoms with Crippen molar-refractivity contribution in [2.45, 2.75) is 38.6 Å². The number of para-hydroxylation sites is 2. The highest BCUT2D eigenvalue weighted by atomic mass is 16.4. The Hall–Kier alpha value is -3.03. The van der Waals surface area contributed by atoms with Crippen LogP contribution in [0.5, 0.6) is 0 Å². The molecule has 0 spiro atoms. The number of aromatic nitrogens is 4. The summed E-state index contributed by atoms with van der Waals surface area (Å²) in [6.45, 7) is 2.03. The summed E-state index contributed by atoms with van der Waals surface area (Å²) in [6, 6.07) is 5.98. The van der Waals surface area contributed by atoms with Crippen LogP contribution in [0.3, 0.4) is 0 Å². The van der Waals surface area contributed by atoms with Gasteiger partial charge in [-0.25, -0.2) is 14.6 Å². The summed E-state index contributed by atoms with van der Waals surface area (Å²) in [6.07, 6.45) is 2.94. The lowest BCUT2D eigenvalue weighted by Crippen LogP contribution is -2.31. The third-order valence-electron chi connectivity index (χ3n) is 4.13. The number of carbonyl (C=O) groups is 1. The molecule has 8 heteroatoms. The van der Waals surface area contributed by atoms with E-state index in [1.54, 1.807) is 24.3 Å². The first kappa shape index (κ1) is 16.8. The minimum atomic E-state index is -1.03. The number of H-pyrrole nitrogens is 1. The molecule has 1 unspecified atom stereocenters. The van der Waals surface area contributed by atoms with E-state index in [1.807, 2.05) is 6.92 Å². The Morgan fingerprint density at radius 1 is 1.24 bits per heavy atom. The van der Waals surface area contributed by atoms with Gasteiger partial charge in [-0.05, 0) is 18.6 Å². The second kappa shape index (κ2) is 6.84. The average molecular weight is 342 g/mol. The zero-order valence-corrected chi connectivity index (χ0v) is 13.7. The van der Waals surface area contributed by atoms with E-state index in [4.69, 9.17) is 0 Å². The van der Waals surface area contributed by atoms with Gasteiger partial charge in [0.2, 0.25) is 0 Å². The van der Waals surface area contributed by atoms with Gasteiger partial charge >= 0.3 is 11.7 Å². The molecule has 25 heavy (non-hydrogen) atoms. The average Bonchev–Trinajstić information content (AvgIpc) is 2.58. The number of unbranched alkanes of at least 4 members (excludes halogenated alkanes) is 2. The number of hydrogen-bond acceptors (Lipinski definition) is 5. The summed E-state index contributed by atoms with van der Waals surface area (Å²) in [5.41, 5.74) is -0.535. The Labute approximate surface area is 142 Å². The van der Waals surface area contributed by atoms with Crippen LogP contribution in [0.1, 0.15) is 38.6 Å². The number of carboxylic acids is 1. The molecule has 0 bridgehead atoms. The van der Waals surface area contributed by atoms with Crippen molar-refractivity contribution in [3.63, 3.8) is 0 Å². The Morgan fingerprint density at radius 3 is 2.72 bits per heavy atom. The molecule has 0 aromatic heterocycles. The van der Waals surface area contributed by atoms with Crippen molar-refractivity contribution >= 4 is 17.0 Å². The number of fused-ring (bicyclic) bond motifs is 2. The zero-order chi connectivity index (χ0) is 18.0. The normalized spacial score (nSPS) is 12.5. The molecule has 2 aliphatic rings. The molecule has 3 rings (SSSR count). The van der Waals surface area contributed by atoms with Gasteiger partial charge in [-0.2, -0.15) is 4.98 Å². The maximum Gasteiger partial charge on any atom is 0.349 e. The van der Waals surface area contributed by atoms with Gasteiger partial charge in [-0.15, -0.1) is 0 Å². The van der Waals surface area contributed by atoms with Gasteiger partial charge in [0.15, 0.2) is 11.5 Å². The molecular formula is C17H18N4O4. The minimum Gasteiger partial charge on any atom is -0.480 e. The number of rotatable bonds is 6. The van der Waals surface area contributed by atoms with Crippen LogP contribution >= 0.6 is 0 Å². The molecule has 1 aromatic rings. The number of aromatic amines is 1. The highest BCUT2D eigenvalue weighted by molar-refractivity contribution is 5.83. The molecule has 2 N–H and O–H groups in total. The fourth-order valence-corrected chi connectivity index (χ4v) is 2.97. The van der Waals surface area contributed by atoms with Gasteiger partial charge in [0.1, 0.15) is 6.04 Å². The molecular weight excluding hydrogens is 324 g/mol. The quantitative estimate of drug-likeness (QED) is 0.521. The highest BCUT2D eigenvalue weighted by Crippen LogP contribution is 2.28. The number of benzene rings is 1. The lowest BCUT2D eigenvalue weighted by atomic mass is 10.1. The van der Waals surface area contributed by atoms with E-state index in [1.165, 1.54) is 4.57 Å². The summed E-state index contributed by atoms with van der Waals surface area (Å²) in [5.74, 6) is -1.04. The van der Waals surface area contributed by atoms with Gasteiger partial charge in [-0.1, -0.05) is 38.3 Å². The van der Waals surface area contributed by atoms with Crippen molar-refractivity contribution in [2.75, 3.05) is 0 Å². The number of carboxylic acid groups (broad SMARTS) is 1. The van der Waals surface area contributed by atoms with E-state index in [0.29, 0.717) is 23.9 Å². The summed E-state index contributed by atoms with van der Waals surface area (Å²) < 4.78 is 1.45. The first-order valence-corrected chi connectivity index (χ1v) is 8.17. The Bertz CT molecular complexity index is 1010. The Morgan fingerprint density at radius 2 is 2.00 bits per heavy atom. The van der Waals surface area contributed by atoms with Crippen molar-refractivity contribution in [1.82, 2.24) is 19.5 Å². The second-order valence-corrected chi connectivity index (χ2v) is 5.86. The molecule has 0 aliphatic carbocycles. The van der Waals surface area contributed by atoms with Gasteiger partial charge in [-0.3, -0.25) is 9.78 Å². The molecule has 0 saturated carbocycles. The number of hydrogen-bond donors (Lipinski definition) is 2.